The smallest absolute Gasteiger partial charge is 0.195 e. The molecular formula is C17H13FN4O. The normalized spacial score (nSPS) is 10.9. The molecule has 5 nitrogen and oxygen atoms in total. The van der Waals surface area contributed by atoms with Crippen LogP contribution in [0.4, 0.5) is 4.39 Å². The second-order valence-electron chi connectivity index (χ2n) is 5.44. The highest BCUT2D eigenvalue weighted by Crippen LogP contribution is 2.25. The molecule has 0 radical (unpaired) electrons. The van der Waals surface area contributed by atoms with Crippen LogP contribution in [-0.2, 0) is 0 Å². The molecule has 0 N–H and O–H groups in total. The van der Waals surface area contributed by atoms with Gasteiger partial charge in [0.05, 0.1) is 11.1 Å². The lowest BCUT2D eigenvalue weighted by molar-refractivity contribution is 0.103. The van der Waals surface area contributed by atoms with E-state index in [1.807, 2.05) is 18.4 Å². The van der Waals surface area contributed by atoms with E-state index in [9.17, 15) is 9.18 Å². The average Bonchev–Trinajstić information content (AvgIpc) is 2.94. The molecule has 0 spiro atoms. The highest BCUT2D eigenvalue weighted by atomic mass is 19.1. The van der Waals surface area contributed by atoms with Crippen molar-refractivity contribution in [1.82, 2.24) is 14.5 Å². The number of hydrogen-bond acceptors (Lipinski definition) is 4. The van der Waals surface area contributed by atoms with Gasteiger partial charge >= 0.3 is 0 Å². The number of nitriles is 1. The Kier molecular flexibility index (Phi) is 3.62. The maximum Gasteiger partial charge on any atom is 0.195 e. The summed E-state index contributed by atoms with van der Waals surface area (Å²) >= 11 is 0. The Morgan fingerprint density at radius 1 is 1.39 bits per heavy atom. The fraction of sp³-hybridized carbons (Fsp3) is 0.176. The van der Waals surface area contributed by atoms with Gasteiger partial charge < -0.3 is 4.57 Å². The average molecular weight is 308 g/mol. The van der Waals surface area contributed by atoms with E-state index in [0.29, 0.717) is 16.6 Å². The van der Waals surface area contributed by atoms with E-state index in [1.165, 1.54) is 18.5 Å². The van der Waals surface area contributed by atoms with E-state index in [-0.39, 0.29) is 23.0 Å². The zero-order valence-corrected chi connectivity index (χ0v) is 12.6. The molecule has 0 atom stereocenters. The Balaban J connectivity index is 2.15. The van der Waals surface area contributed by atoms with E-state index in [0.717, 1.165) is 6.07 Å². The Morgan fingerprint density at radius 3 is 2.83 bits per heavy atom. The van der Waals surface area contributed by atoms with E-state index < -0.39 is 5.82 Å². The molecule has 1 aromatic carbocycles. The summed E-state index contributed by atoms with van der Waals surface area (Å²) in [6.45, 7) is 3.97. The summed E-state index contributed by atoms with van der Waals surface area (Å²) in [7, 11) is 0. The number of carbonyl (C=O) groups is 1. The third kappa shape index (κ3) is 2.46. The molecule has 0 bridgehead atoms. The van der Waals surface area contributed by atoms with Gasteiger partial charge in [0.1, 0.15) is 23.9 Å². The monoisotopic (exact) mass is 308 g/mol. The number of ketones is 1. The molecule has 2 aromatic heterocycles. The molecule has 0 aliphatic carbocycles. The van der Waals surface area contributed by atoms with Crippen molar-refractivity contribution < 1.29 is 9.18 Å². The first kappa shape index (κ1) is 14.9. The zero-order valence-electron chi connectivity index (χ0n) is 12.6. The SMILES string of the molecule is CC(C)n1cc(C(=O)c2ccc(C#N)c(F)c2)c2cncnc21. The number of benzene rings is 1. The maximum absolute atomic E-state index is 13.8. The minimum absolute atomic E-state index is 0.0884. The molecule has 0 saturated heterocycles. The lowest BCUT2D eigenvalue weighted by Crippen LogP contribution is -2.03. The van der Waals surface area contributed by atoms with Crippen LogP contribution in [0.2, 0.25) is 0 Å². The van der Waals surface area contributed by atoms with Crippen LogP contribution in [0, 0.1) is 17.1 Å². The Hall–Kier alpha value is -3.07. The Morgan fingerprint density at radius 2 is 2.17 bits per heavy atom. The lowest BCUT2D eigenvalue weighted by atomic mass is 10.0. The number of halogens is 1. The number of hydrogen-bond donors (Lipinski definition) is 0. The molecule has 0 amide bonds. The minimum Gasteiger partial charge on any atom is -0.329 e. The fourth-order valence-electron chi connectivity index (χ4n) is 2.47. The summed E-state index contributed by atoms with van der Waals surface area (Å²) in [5.74, 6) is -1.03. The highest BCUT2D eigenvalue weighted by Gasteiger charge is 2.19. The van der Waals surface area contributed by atoms with Crippen LogP contribution in [0.1, 0.15) is 41.4 Å². The third-order valence-electron chi connectivity index (χ3n) is 3.65. The molecule has 114 valence electrons. The van der Waals surface area contributed by atoms with E-state index in [1.54, 1.807) is 18.5 Å². The van der Waals surface area contributed by atoms with Gasteiger partial charge in [-0.2, -0.15) is 5.26 Å². The van der Waals surface area contributed by atoms with Crippen molar-refractivity contribution in [2.75, 3.05) is 0 Å². The molecule has 3 aromatic rings. The molecule has 0 aliphatic rings. The van der Waals surface area contributed by atoms with Crippen LogP contribution >= 0.6 is 0 Å². The Bertz CT molecular complexity index is 953. The highest BCUT2D eigenvalue weighted by molar-refractivity contribution is 6.16. The predicted octanol–water partition coefficient (Wildman–Crippen LogP) is 3.25. The molecular weight excluding hydrogens is 295 g/mol. The number of rotatable bonds is 3. The van der Waals surface area contributed by atoms with Crippen molar-refractivity contribution >= 4 is 16.8 Å². The predicted molar refractivity (Wildman–Crippen MR) is 82.5 cm³/mol. The van der Waals surface area contributed by atoms with Gasteiger partial charge in [0.2, 0.25) is 0 Å². The van der Waals surface area contributed by atoms with Gasteiger partial charge in [-0.05, 0) is 32.0 Å². The topological polar surface area (TPSA) is 71.6 Å². The van der Waals surface area contributed by atoms with Crippen LogP contribution in [0.25, 0.3) is 11.0 Å². The number of fused-ring (bicyclic) bond motifs is 1. The largest absolute Gasteiger partial charge is 0.329 e. The van der Waals surface area contributed by atoms with Crippen molar-refractivity contribution in [2.24, 2.45) is 0 Å². The molecule has 0 saturated carbocycles. The molecule has 6 heteroatoms. The van der Waals surface area contributed by atoms with Gasteiger partial charge in [0, 0.05) is 29.4 Å². The minimum atomic E-state index is -0.706. The van der Waals surface area contributed by atoms with E-state index in [2.05, 4.69) is 9.97 Å². The van der Waals surface area contributed by atoms with E-state index in [4.69, 9.17) is 5.26 Å². The number of nitrogens with zero attached hydrogens (tertiary/aromatic N) is 4. The second-order valence-corrected chi connectivity index (χ2v) is 5.44. The number of aromatic nitrogens is 3. The van der Waals surface area contributed by atoms with Gasteiger partial charge in [0.25, 0.3) is 0 Å². The van der Waals surface area contributed by atoms with E-state index >= 15 is 0 Å². The number of carbonyl (C=O) groups excluding carboxylic acids is 1. The van der Waals surface area contributed by atoms with Crippen LogP contribution < -0.4 is 0 Å². The third-order valence-corrected chi connectivity index (χ3v) is 3.65. The van der Waals surface area contributed by atoms with Crippen molar-refractivity contribution in [3.63, 3.8) is 0 Å². The fourth-order valence-corrected chi connectivity index (χ4v) is 2.47. The lowest BCUT2D eigenvalue weighted by Gasteiger charge is -2.07. The van der Waals surface area contributed by atoms with Crippen LogP contribution in [0.3, 0.4) is 0 Å². The molecule has 0 unspecified atom stereocenters. The molecule has 0 fully saturated rings. The van der Waals surface area contributed by atoms with Crippen LogP contribution in [-0.4, -0.2) is 20.3 Å². The standard InChI is InChI=1S/C17H13FN4O/c1-10(2)22-8-14(13-7-20-9-21-17(13)22)16(23)11-3-4-12(6-19)15(18)5-11/h3-5,7-10H,1-2H3. The van der Waals surface area contributed by atoms with Crippen molar-refractivity contribution in [2.45, 2.75) is 19.9 Å². The van der Waals surface area contributed by atoms with Crippen LogP contribution in [0.15, 0.2) is 36.9 Å². The van der Waals surface area contributed by atoms with Gasteiger partial charge in [-0.3, -0.25) is 4.79 Å². The van der Waals surface area contributed by atoms with Gasteiger partial charge in [-0.25, -0.2) is 14.4 Å². The van der Waals surface area contributed by atoms with Crippen LogP contribution in [0.5, 0.6) is 0 Å². The molecule has 3 rings (SSSR count). The maximum atomic E-state index is 13.8. The summed E-state index contributed by atoms with van der Waals surface area (Å²) in [6, 6.07) is 5.70. The summed E-state index contributed by atoms with van der Waals surface area (Å²) in [5.41, 5.74) is 1.17. The molecule has 2 heterocycles. The molecule has 23 heavy (non-hydrogen) atoms. The van der Waals surface area contributed by atoms with Crippen molar-refractivity contribution in [1.29, 1.82) is 5.26 Å². The first-order valence-electron chi connectivity index (χ1n) is 7.08. The van der Waals surface area contributed by atoms with Crippen molar-refractivity contribution in [3.05, 3.63) is 59.4 Å². The summed E-state index contributed by atoms with van der Waals surface area (Å²) in [4.78, 5) is 20.9. The zero-order chi connectivity index (χ0) is 16.6. The summed E-state index contributed by atoms with van der Waals surface area (Å²) in [6.07, 6.45) is 4.72. The summed E-state index contributed by atoms with van der Waals surface area (Å²) in [5, 5.41) is 9.40. The Labute approximate surface area is 132 Å². The summed E-state index contributed by atoms with van der Waals surface area (Å²) < 4.78 is 15.6. The first-order valence-corrected chi connectivity index (χ1v) is 7.08. The van der Waals surface area contributed by atoms with Gasteiger partial charge in [0.15, 0.2) is 5.78 Å². The quantitative estimate of drug-likeness (QED) is 0.696. The van der Waals surface area contributed by atoms with Gasteiger partial charge in [-0.1, -0.05) is 0 Å². The van der Waals surface area contributed by atoms with Crippen molar-refractivity contribution in [3.8, 4) is 6.07 Å². The first-order chi connectivity index (χ1) is 11.0. The van der Waals surface area contributed by atoms with Gasteiger partial charge in [-0.15, -0.1) is 0 Å². The molecule has 0 aliphatic heterocycles. The second kappa shape index (κ2) is 5.61.